The second-order valence-electron chi connectivity index (χ2n) is 15.1. The van der Waals surface area contributed by atoms with Crippen molar-refractivity contribution in [2.45, 2.75) is 129 Å². The van der Waals surface area contributed by atoms with Crippen LogP contribution in [0.4, 0.5) is 0 Å². The summed E-state index contributed by atoms with van der Waals surface area (Å²) in [4.78, 5) is 13.1. The lowest BCUT2D eigenvalue weighted by molar-refractivity contribution is -0.175. The SMILES string of the molecule is C#CCNCC(CCC1(C)NN1)NC(=O)CCC(C)C1CCC2C3CCC4CC(O)CCC4(C)C3CC(O)C12C. The summed E-state index contributed by atoms with van der Waals surface area (Å²) in [6.45, 7) is 10.5. The molecule has 5 aliphatic rings. The fourth-order valence-corrected chi connectivity index (χ4v) is 10.3. The zero-order valence-electron chi connectivity index (χ0n) is 25.5. The van der Waals surface area contributed by atoms with Gasteiger partial charge in [0.25, 0.3) is 0 Å². The third-order valence-electron chi connectivity index (χ3n) is 12.9. The van der Waals surface area contributed by atoms with Gasteiger partial charge in [-0.3, -0.25) is 4.79 Å². The Labute approximate surface area is 242 Å². The first-order valence-corrected chi connectivity index (χ1v) is 16.3. The van der Waals surface area contributed by atoms with Crippen LogP contribution in [-0.2, 0) is 4.79 Å². The maximum Gasteiger partial charge on any atom is 0.220 e. The van der Waals surface area contributed by atoms with Crippen LogP contribution in [0.15, 0.2) is 0 Å². The number of hydrazine groups is 1. The summed E-state index contributed by atoms with van der Waals surface area (Å²) in [6.07, 6.45) is 17.0. The van der Waals surface area contributed by atoms with Gasteiger partial charge in [-0.15, -0.1) is 6.42 Å². The molecule has 0 aromatic heterocycles. The lowest BCUT2D eigenvalue weighted by Gasteiger charge is -2.62. The van der Waals surface area contributed by atoms with E-state index < -0.39 is 0 Å². The van der Waals surface area contributed by atoms with E-state index in [4.69, 9.17) is 6.42 Å². The van der Waals surface area contributed by atoms with E-state index in [1.807, 2.05) is 0 Å². The number of carbonyl (C=O) groups excluding carboxylic acids is 1. The first-order chi connectivity index (χ1) is 19.0. The molecule has 7 heteroatoms. The fraction of sp³-hybridized carbons (Fsp3) is 0.909. The van der Waals surface area contributed by atoms with E-state index in [2.05, 4.69) is 55.1 Å². The van der Waals surface area contributed by atoms with Crippen LogP contribution in [0.25, 0.3) is 0 Å². The monoisotopic (exact) mass is 556 g/mol. The van der Waals surface area contributed by atoms with Gasteiger partial charge in [0.15, 0.2) is 0 Å². The number of hydrogen-bond donors (Lipinski definition) is 6. The number of terminal acetylenes is 1. The van der Waals surface area contributed by atoms with Crippen LogP contribution in [-0.4, -0.2) is 53.1 Å². The Bertz CT molecular complexity index is 948. The Balaban J connectivity index is 1.17. The normalized spacial score (nSPS) is 43.0. The third kappa shape index (κ3) is 5.86. The Hall–Kier alpha value is -1.17. The van der Waals surface area contributed by atoms with Crippen LogP contribution < -0.4 is 21.5 Å². The van der Waals surface area contributed by atoms with Gasteiger partial charge >= 0.3 is 0 Å². The Kier molecular flexibility index (Phi) is 8.97. The summed E-state index contributed by atoms with van der Waals surface area (Å²) in [5.41, 5.74) is 6.54. The summed E-state index contributed by atoms with van der Waals surface area (Å²) in [5, 5.41) is 28.7. The van der Waals surface area contributed by atoms with Crippen molar-refractivity contribution in [1.82, 2.24) is 21.5 Å². The minimum atomic E-state index is -0.275. The van der Waals surface area contributed by atoms with Crippen molar-refractivity contribution < 1.29 is 15.0 Å². The Morgan fingerprint density at radius 1 is 1.05 bits per heavy atom. The molecular weight excluding hydrogens is 500 g/mol. The first kappa shape index (κ1) is 30.3. The molecule has 1 saturated heterocycles. The van der Waals surface area contributed by atoms with Crippen molar-refractivity contribution in [1.29, 1.82) is 0 Å². The molecule has 0 radical (unpaired) electrons. The maximum atomic E-state index is 13.1. The van der Waals surface area contributed by atoms with Gasteiger partial charge in [0.1, 0.15) is 0 Å². The molecule has 4 saturated carbocycles. The largest absolute Gasteiger partial charge is 0.393 e. The molecule has 1 aliphatic heterocycles. The molecule has 40 heavy (non-hydrogen) atoms. The van der Waals surface area contributed by atoms with Crippen LogP contribution in [0.1, 0.15) is 105 Å². The van der Waals surface area contributed by atoms with Gasteiger partial charge in [-0.1, -0.05) is 26.7 Å². The molecule has 11 unspecified atom stereocenters. The van der Waals surface area contributed by atoms with E-state index in [1.165, 1.54) is 25.7 Å². The molecule has 1 amide bonds. The van der Waals surface area contributed by atoms with E-state index in [-0.39, 0.29) is 40.6 Å². The van der Waals surface area contributed by atoms with Crippen LogP contribution in [0.3, 0.4) is 0 Å². The highest BCUT2D eigenvalue weighted by Crippen LogP contribution is 2.68. The summed E-state index contributed by atoms with van der Waals surface area (Å²) in [7, 11) is 0. The fourth-order valence-electron chi connectivity index (χ4n) is 10.3. The summed E-state index contributed by atoms with van der Waals surface area (Å²) in [5.74, 6) is 6.05. The van der Waals surface area contributed by atoms with Crippen molar-refractivity contribution in [3.63, 3.8) is 0 Å². The lowest BCUT2D eigenvalue weighted by Crippen LogP contribution is -2.58. The topological polar surface area (TPSA) is 125 Å². The van der Waals surface area contributed by atoms with E-state index in [9.17, 15) is 15.0 Å². The van der Waals surface area contributed by atoms with Crippen LogP contribution in [0.2, 0.25) is 0 Å². The predicted molar refractivity (Wildman–Crippen MR) is 159 cm³/mol. The average molecular weight is 557 g/mol. The molecule has 0 bridgehead atoms. The molecule has 226 valence electrons. The third-order valence-corrected chi connectivity index (χ3v) is 12.9. The number of hydrogen-bond acceptors (Lipinski definition) is 6. The van der Waals surface area contributed by atoms with E-state index in [1.54, 1.807) is 0 Å². The number of rotatable bonds is 11. The van der Waals surface area contributed by atoms with Crippen LogP contribution >= 0.6 is 0 Å². The van der Waals surface area contributed by atoms with Crippen LogP contribution in [0, 0.1) is 58.7 Å². The molecule has 0 aromatic carbocycles. The molecule has 0 spiro atoms. The van der Waals surface area contributed by atoms with E-state index in [0.29, 0.717) is 55.0 Å². The second-order valence-corrected chi connectivity index (χ2v) is 15.1. The van der Waals surface area contributed by atoms with Gasteiger partial charge in [0.05, 0.1) is 24.4 Å². The maximum absolute atomic E-state index is 13.1. The molecule has 4 aliphatic carbocycles. The zero-order valence-corrected chi connectivity index (χ0v) is 25.5. The van der Waals surface area contributed by atoms with E-state index >= 15 is 0 Å². The number of nitrogens with one attached hydrogen (secondary N) is 4. The molecule has 11 atom stereocenters. The van der Waals surface area contributed by atoms with Crippen molar-refractivity contribution in [3.8, 4) is 12.3 Å². The van der Waals surface area contributed by atoms with Gasteiger partial charge in [-0.25, -0.2) is 10.9 Å². The summed E-state index contributed by atoms with van der Waals surface area (Å²) < 4.78 is 0. The minimum absolute atomic E-state index is 0.0210. The van der Waals surface area contributed by atoms with Gasteiger partial charge in [0, 0.05) is 19.0 Å². The number of carbonyl (C=O) groups is 1. The molecule has 0 aromatic rings. The van der Waals surface area contributed by atoms with Crippen molar-refractivity contribution in [3.05, 3.63) is 0 Å². The standard InChI is InChI=1S/C33H56N4O3/c1-6-17-34-20-23(13-16-32(4)36-37-32)35-30(40)12-7-21(2)26-10-11-27-25-9-8-22-18-24(38)14-15-31(22,3)28(25)19-29(39)33(26,27)5/h1,21-29,34,36-39H,7-20H2,2-5H3,(H,35,40). The lowest BCUT2D eigenvalue weighted by atomic mass is 9.43. The second kappa shape index (κ2) is 11.8. The van der Waals surface area contributed by atoms with Gasteiger partial charge < -0.3 is 20.8 Å². The van der Waals surface area contributed by atoms with Crippen molar-refractivity contribution in [2.24, 2.45) is 46.3 Å². The molecule has 1 heterocycles. The zero-order chi connectivity index (χ0) is 28.7. The predicted octanol–water partition coefficient (Wildman–Crippen LogP) is 3.71. The Morgan fingerprint density at radius 2 is 1.82 bits per heavy atom. The number of amides is 1. The first-order valence-electron chi connectivity index (χ1n) is 16.3. The van der Waals surface area contributed by atoms with Gasteiger partial charge in [-0.2, -0.15) is 0 Å². The van der Waals surface area contributed by atoms with Crippen LogP contribution in [0.5, 0.6) is 0 Å². The van der Waals surface area contributed by atoms with Gasteiger partial charge in [0.2, 0.25) is 5.91 Å². The quantitative estimate of drug-likeness (QED) is 0.131. The van der Waals surface area contributed by atoms with Gasteiger partial charge in [-0.05, 0) is 124 Å². The highest BCUT2D eigenvalue weighted by Gasteiger charge is 2.63. The average Bonchev–Trinajstić information content (AvgIpc) is 3.54. The van der Waals surface area contributed by atoms with Crippen molar-refractivity contribution >= 4 is 5.91 Å². The number of aliphatic hydroxyl groups excluding tert-OH is 2. The van der Waals surface area contributed by atoms with Crippen molar-refractivity contribution in [2.75, 3.05) is 13.1 Å². The molecule has 5 rings (SSSR count). The summed E-state index contributed by atoms with van der Waals surface area (Å²) in [6, 6.07) is 0.0556. The molecular formula is C33H56N4O3. The van der Waals surface area contributed by atoms with E-state index in [0.717, 1.165) is 44.9 Å². The molecule has 6 N–H and O–H groups in total. The Morgan fingerprint density at radius 3 is 2.55 bits per heavy atom. The summed E-state index contributed by atoms with van der Waals surface area (Å²) >= 11 is 0. The minimum Gasteiger partial charge on any atom is -0.393 e. The molecule has 5 fully saturated rings. The molecule has 7 nitrogen and oxygen atoms in total. The highest BCUT2D eigenvalue weighted by atomic mass is 16.3. The highest BCUT2D eigenvalue weighted by molar-refractivity contribution is 5.76. The number of fused-ring (bicyclic) bond motifs is 5. The number of aliphatic hydroxyl groups is 2. The smallest absolute Gasteiger partial charge is 0.220 e.